The number of para-hydroxylation sites is 1. The average Bonchev–Trinajstić information content (AvgIpc) is 2.68. The van der Waals surface area contributed by atoms with Crippen molar-refractivity contribution < 1.29 is 31.1 Å². The first kappa shape index (κ1) is 21.2. The number of anilines is 2. The fourth-order valence-corrected chi connectivity index (χ4v) is 3.51. The minimum atomic E-state index is -4.82. The molecule has 0 aliphatic rings. The number of hydrogen-bond donors (Lipinski definition) is 2. The van der Waals surface area contributed by atoms with Gasteiger partial charge in [-0.15, -0.1) is 13.2 Å². The maximum absolute atomic E-state index is 12.4. The Morgan fingerprint density at radius 2 is 1.40 bits per heavy atom. The molecular formula is C20H15F3N2O4S. The van der Waals surface area contributed by atoms with Crippen LogP contribution in [-0.4, -0.2) is 20.7 Å². The van der Waals surface area contributed by atoms with E-state index in [0.29, 0.717) is 11.4 Å². The Bertz CT molecular complexity index is 1120. The quantitative estimate of drug-likeness (QED) is 0.590. The van der Waals surface area contributed by atoms with E-state index in [1.165, 1.54) is 36.4 Å². The van der Waals surface area contributed by atoms with Gasteiger partial charge in [0.15, 0.2) is 0 Å². The third-order valence-corrected chi connectivity index (χ3v) is 5.20. The zero-order chi connectivity index (χ0) is 21.8. The lowest BCUT2D eigenvalue weighted by Gasteiger charge is -2.10. The maximum atomic E-state index is 12.4. The summed E-state index contributed by atoms with van der Waals surface area (Å²) in [5, 5.41) is 2.54. The number of hydrogen-bond acceptors (Lipinski definition) is 4. The van der Waals surface area contributed by atoms with Crippen molar-refractivity contribution in [2.45, 2.75) is 11.3 Å². The molecule has 0 aromatic heterocycles. The summed E-state index contributed by atoms with van der Waals surface area (Å²) in [5.74, 6) is -1.02. The van der Waals surface area contributed by atoms with Crippen molar-refractivity contribution in [1.82, 2.24) is 0 Å². The third-order valence-electron chi connectivity index (χ3n) is 3.80. The molecule has 3 rings (SSSR count). The molecule has 3 aromatic carbocycles. The van der Waals surface area contributed by atoms with Crippen LogP contribution >= 0.6 is 0 Å². The Balaban J connectivity index is 1.66. The van der Waals surface area contributed by atoms with E-state index in [0.717, 1.165) is 12.1 Å². The molecular weight excluding hydrogens is 421 g/mol. The normalized spacial score (nSPS) is 11.6. The Labute approximate surface area is 170 Å². The van der Waals surface area contributed by atoms with Gasteiger partial charge in [-0.25, -0.2) is 8.42 Å². The SMILES string of the molecule is O=C(Nc1ccc(S(=O)(=O)Nc2ccccc2)cc1)c1ccc(OC(F)(F)F)cc1. The minimum Gasteiger partial charge on any atom is -0.406 e. The van der Waals surface area contributed by atoms with Crippen LogP contribution in [0.25, 0.3) is 0 Å². The lowest BCUT2D eigenvalue weighted by molar-refractivity contribution is -0.274. The lowest BCUT2D eigenvalue weighted by Crippen LogP contribution is -2.17. The van der Waals surface area contributed by atoms with Gasteiger partial charge in [0.2, 0.25) is 0 Å². The molecule has 0 atom stereocenters. The molecule has 30 heavy (non-hydrogen) atoms. The number of carbonyl (C=O) groups excluding carboxylic acids is 1. The fraction of sp³-hybridized carbons (Fsp3) is 0.0500. The summed E-state index contributed by atoms with van der Waals surface area (Å²) < 4.78 is 67.5. The average molecular weight is 436 g/mol. The summed E-state index contributed by atoms with van der Waals surface area (Å²) in [6.45, 7) is 0. The van der Waals surface area contributed by atoms with Crippen molar-refractivity contribution in [3.8, 4) is 5.75 Å². The number of sulfonamides is 1. The van der Waals surface area contributed by atoms with Crippen LogP contribution in [0.2, 0.25) is 0 Å². The highest BCUT2D eigenvalue weighted by atomic mass is 32.2. The van der Waals surface area contributed by atoms with Crippen molar-refractivity contribution >= 4 is 27.3 Å². The first-order valence-electron chi connectivity index (χ1n) is 8.47. The first-order valence-corrected chi connectivity index (χ1v) is 9.96. The van der Waals surface area contributed by atoms with Crippen molar-refractivity contribution in [3.05, 3.63) is 84.4 Å². The summed E-state index contributed by atoms with van der Waals surface area (Å²) in [5.41, 5.74) is 0.828. The first-order chi connectivity index (χ1) is 14.1. The van der Waals surface area contributed by atoms with E-state index >= 15 is 0 Å². The minimum absolute atomic E-state index is 0.00185. The molecule has 0 spiro atoms. The molecule has 0 bridgehead atoms. The second-order valence-corrected chi connectivity index (χ2v) is 7.70. The lowest BCUT2D eigenvalue weighted by atomic mass is 10.2. The number of benzene rings is 3. The van der Waals surface area contributed by atoms with Crippen molar-refractivity contribution in [3.63, 3.8) is 0 Å². The van der Waals surface area contributed by atoms with Gasteiger partial charge in [-0.05, 0) is 60.7 Å². The summed E-state index contributed by atoms with van der Waals surface area (Å²) in [6.07, 6.45) is -4.82. The van der Waals surface area contributed by atoms with E-state index in [1.54, 1.807) is 30.3 Å². The number of rotatable bonds is 6. The van der Waals surface area contributed by atoms with Crippen LogP contribution in [0.5, 0.6) is 5.75 Å². The highest BCUT2D eigenvalue weighted by Crippen LogP contribution is 2.23. The van der Waals surface area contributed by atoms with Crippen molar-refractivity contribution in [1.29, 1.82) is 0 Å². The van der Waals surface area contributed by atoms with Crippen molar-refractivity contribution in [2.24, 2.45) is 0 Å². The standard InChI is InChI=1S/C20H15F3N2O4S/c21-20(22,23)29-17-10-6-14(7-11-17)19(26)24-15-8-12-18(13-9-15)30(27,28)25-16-4-2-1-3-5-16/h1-13,25H,(H,24,26). The van der Waals surface area contributed by atoms with Gasteiger partial charge in [-0.2, -0.15) is 0 Å². The van der Waals surface area contributed by atoms with Gasteiger partial charge in [0, 0.05) is 16.9 Å². The summed E-state index contributed by atoms with van der Waals surface area (Å²) in [7, 11) is -3.80. The number of halogens is 3. The molecule has 6 nitrogen and oxygen atoms in total. The predicted molar refractivity (Wildman–Crippen MR) is 105 cm³/mol. The van der Waals surface area contributed by atoms with Crippen LogP contribution in [0.4, 0.5) is 24.5 Å². The molecule has 0 fully saturated rings. The Kier molecular flexibility index (Phi) is 5.97. The number of nitrogens with one attached hydrogen (secondary N) is 2. The van der Waals surface area contributed by atoms with Gasteiger partial charge in [0.05, 0.1) is 4.90 Å². The Morgan fingerprint density at radius 3 is 1.97 bits per heavy atom. The molecule has 0 aliphatic carbocycles. The highest BCUT2D eigenvalue weighted by molar-refractivity contribution is 7.92. The van der Waals surface area contributed by atoms with Gasteiger partial charge < -0.3 is 10.1 Å². The second kappa shape index (κ2) is 8.46. The molecule has 0 unspecified atom stereocenters. The molecule has 2 N–H and O–H groups in total. The van der Waals surface area contributed by atoms with Gasteiger partial charge in [0.1, 0.15) is 5.75 Å². The largest absolute Gasteiger partial charge is 0.573 e. The molecule has 0 aliphatic heterocycles. The number of carbonyl (C=O) groups is 1. The number of amides is 1. The van der Waals surface area contributed by atoms with E-state index in [1.807, 2.05) is 0 Å². The van der Waals surface area contributed by atoms with Crippen LogP contribution in [0.3, 0.4) is 0 Å². The summed E-state index contributed by atoms with van der Waals surface area (Å²) >= 11 is 0. The van der Waals surface area contributed by atoms with E-state index in [9.17, 15) is 26.4 Å². The monoisotopic (exact) mass is 436 g/mol. The van der Waals surface area contributed by atoms with Gasteiger partial charge in [-0.3, -0.25) is 9.52 Å². The zero-order valence-corrected chi connectivity index (χ0v) is 16.0. The van der Waals surface area contributed by atoms with Crippen LogP contribution in [-0.2, 0) is 10.0 Å². The van der Waals surface area contributed by atoms with E-state index < -0.39 is 28.0 Å². The molecule has 0 saturated carbocycles. The Morgan fingerprint density at radius 1 is 0.800 bits per heavy atom. The molecule has 10 heteroatoms. The molecule has 0 saturated heterocycles. The zero-order valence-electron chi connectivity index (χ0n) is 15.2. The molecule has 1 amide bonds. The van der Waals surface area contributed by atoms with Gasteiger partial charge in [-0.1, -0.05) is 18.2 Å². The smallest absolute Gasteiger partial charge is 0.406 e. The Hall–Kier alpha value is -3.53. The van der Waals surface area contributed by atoms with Crippen molar-refractivity contribution in [2.75, 3.05) is 10.0 Å². The van der Waals surface area contributed by atoms with Crippen LogP contribution in [0.15, 0.2) is 83.8 Å². The molecule has 0 radical (unpaired) electrons. The van der Waals surface area contributed by atoms with Crippen LogP contribution < -0.4 is 14.8 Å². The van der Waals surface area contributed by atoms with Crippen LogP contribution in [0.1, 0.15) is 10.4 Å². The second-order valence-electron chi connectivity index (χ2n) is 6.02. The van der Waals surface area contributed by atoms with Crippen LogP contribution in [0, 0.1) is 0 Å². The molecule has 3 aromatic rings. The predicted octanol–water partition coefficient (Wildman–Crippen LogP) is 4.64. The van der Waals surface area contributed by atoms with E-state index in [-0.39, 0.29) is 10.5 Å². The summed E-state index contributed by atoms with van der Waals surface area (Å²) in [6, 6.07) is 18.2. The topological polar surface area (TPSA) is 84.5 Å². The van der Waals surface area contributed by atoms with Gasteiger partial charge in [0.25, 0.3) is 15.9 Å². The fourth-order valence-electron chi connectivity index (χ4n) is 2.45. The molecule has 0 heterocycles. The van der Waals surface area contributed by atoms with Gasteiger partial charge >= 0.3 is 6.36 Å². The summed E-state index contributed by atoms with van der Waals surface area (Å²) in [4.78, 5) is 12.2. The van der Waals surface area contributed by atoms with E-state index in [4.69, 9.17) is 0 Å². The third kappa shape index (κ3) is 5.74. The maximum Gasteiger partial charge on any atom is 0.573 e. The number of alkyl halides is 3. The number of ether oxygens (including phenoxy) is 1. The molecule has 156 valence electrons. The van der Waals surface area contributed by atoms with E-state index in [2.05, 4.69) is 14.8 Å². The highest BCUT2D eigenvalue weighted by Gasteiger charge is 2.31.